The van der Waals surface area contributed by atoms with Crippen molar-refractivity contribution in [1.29, 1.82) is 0 Å². The molecule has 1 aromatic heterocycles. The Balaban J connectivity index is 2.33. The second-order valence-electron chi connectivity index (χ2n) is 10.1. The van der Waals surface area contributed by atoms with E-state index in [1.165, 1.54) is 11.3 Å². The molecule has 0 saturated heterocycles. The zero-order valence-electron chi connectivity index (χ0n) is 21.2. The van der Waals surface area contributed by atoms with Crippen LogP contribution in [-0.4, -0.2) is 50.4 Å². The average molecular weight is 528 g/mol. The Labute approximate surface area is 216 Å². The highest BCUT2D eigenvalue weighted by Gasteiger charge is 2.42. The molecule has 35 heavy (non-hydrogen) atoms. The number of esters is 1. The molecule has 0 bridgehead atoms. The molecule has 0 radical (unpaired) electrons. The number of aliphatic hydroxyl groups excluding tert-OH is 3. The zero-order valence-corrected chi connectivity index (χ0v) is 22.7. The average Bonchev–Trinajstić information content (AvgIpc) is 3.26. The van der Waals surface area contributed by atoms with Gasteiger partial charge in [-0.3, -0.25) is 9.59 Å². The smallest absolute Gasteiger partial charge is 0.309 e. The summed E-state index contributed by atoms with van der Waals surface area (Å²) in [5, 5.41) is 33.4. The third-order valence-corrected chi connectivity index (χ3v) is 8.02. The molecule has 9 heteroatoms. The maximum absolute atomic E-state index is 13.2. The molecular formula is C26H38ClNO6S. The van der Waals surface area contributed by atoms with Gasteiger partial charge in [0.25, 0.3) is 0 Å². The number of allylic oxidation sites excluding steroid dienone is 1. The number of ether oxygens (including phenoxy) is 1. The number of nitrogens with zero attached hydrogens (tertiary/aromatic N) is 1. The van der Waals surface area contributed by atoms with E-state index in [0.29, 0.717) is 17.1 Å². The van der Waals surface area contributed by atoms with E-state index in [0.717, 1.165) is 24.8 Å². The number of halogens is 1. The Morgan fingerprint density at radius 1 is 1.31 bits per heavy atom. The van der Waals surface area contributed by atoms with Gasteiger partial charge in [-0.2, -0.15) is 0 Å². The second-order valence-corrected chi connectivity index (χ2v) is 11.5. The molecule has 7 nitrogen and oxygen atoms in total. The summed E-state index contributed by atoms with van der Waals surface area (Å²) in [6, 6.07) is 0. The van der Waals surface area contributed by atoms with Crippen LogP contribution in [0.2, 0.25) is 0 Å². The second kappa shape index (κ2) is 13.1. The van der Waals surface area contributed by atoms with Gasteiger partial charge < -0.3 is 20.1 Å². The number of thiazole rings is 1. The molecule has 2 rings (SSSR count). The van der Waals surface area contributed by atoms with Gasteiger partial charge in [-0.15, -0.1) is 11.3 Å². The Bertz CT molecular complexity index is 940. The van der Waals surface area contributed by atoms with E-state index in [4.69, 9.17) is 16.3 Å². The van der Waals surface area contributed by atoms with Gasteiger partial charge in [0.15, 0.2) is 0 Å². The van der Waals surface area contributed by atoms with Crippen molar-refractivity contribution in [2.45, 2.75) is 91.6 Å². The molecule has 0 spiro atoms. The van der Waals surface area contributed by atoms with Gasteiger partial charge in [0.05, 0.1) is 41.4 Å². The predicted octanol–water partition coefficient (Wildman–Crippen LogP) is 4.63. The number of aromatic nitrogens is 1. The summed E-state index contributed by atoms with van der Waals surface area (Å²) < 4.78 is 5.65. The van der Waals surface area contributed by atoms with E-state index < -0.39 is 35.6 Å². The monoisotopic (exact) mass is 527 g/mol. The van der Waals surface area contributed by atoms with Crippen molar-refractivity contribution in [1.82, 2.24) is 4.98 Å². The molecule has 2 heterocycles. The van der Waals surface area contributed by atoms with Gasteiger partial charge in [-0.1, -0.05) is 50.9 Å². The van der Waals surface area contributed by atoms with Gasteiger partial charge in [0.1, 0.15) is 16.9 Å². The highest BCUT2D eigenvalue weighted by molar-refractivity contribution is 7.09. The lowest BCUT2D eigenvalue weighted by atomic mass is 9.73. The van der Waals surface area contributed by atoms with E-state index in [1.54, 1.807) is 32.2 Å². The van der Waals surface area contributed by atoms with E-state index in [1.807, 2.05) is 19.9 Å². The van der Waals surface area contributed by atoms with Crippen LogP contribution in [0.1, 0.15) is 77.4 Å². The first-order valence-corrected chi connectivity index (χ1v) is 13.3. The summed E-state index contributed by atoms with van der Waals surface area (Å²) in [5.41, 5.74) is 0.412. The third kappa shape index (κ3) is 8.22. The third-order valence-electron chi connectivity index (χ3n) is 6.82. The Hall–Kier alpha value is -1.58. The molecule has 1 aliphatic heterocycles. The quantitative estimate of drug-likeness (QED) is 0.387. The Morgan fingerprint density at radius 2 is 2.00 bits per heavy atom. The van der Waals surface area contributed by atoms with Crippen molar-refractivity contribution in [3.63, 3.8) is 0 Å². The largest absolute Gasteiger partial charge is 0.456 e. The first-order chi connectivity index (χ1) is 16.4. The fraction of sp³-hybridized carbons (Fsp3) is 0.654. The molecule has 1 aliphatic rings. The van der Waals surface area contributed by atoms with Gasteiger partial charge in [-0.05, 0) is 38.2 Å². The van der Waals surface area contributed by atoms with Gasteiger partial charge in [-0.25, -0.2) is 4.98 Å². The van der Waals surface area contributed by atoms with E-state index >= 15 is 0 Å². The lowest BCUT2D eigenvalue weighted by Gasteiger charge is -2.34. The Kier molecular flexibility index (Phi) is 11.1. The molecule has 0 saturated carbocycles. The van der Waals surface area contributed by atoms with Crippen LogP contribution >= 0.6 is 22.9 Å². The van der Waals surface area contributed by atoms with Crippen molar-refractivity contribution >= 4 is 40.8 Å². The minimum atomic E-state index is -1.29. The molecule has 3 N–H and O–H groups in total. The summed E-state index contributed by atoms with van der Waals surface area (Å²) >= 11 is 7.84. The summed E-state index contributed by atoms with van der Waals surface area (Å²) in [5.74, 6) is -1.73. The number of ketones is 1. The number of Topliss-reactive ketones (excluding diaryl/α,β-unsaturated/α-hetero) is 1. The maximum atomic E-state index is 13.2. The highest BCUT2D eigenvalue weighted by atomic mass is 35.5. The van der Waals surface area contributed by atoms with Gasteiger partial charge in [0.2, 0.25) is 0 Å². The van der Waals surface area contributed by atoms with Crippen LogP contribution in [-0.2, 0) is 20.9 Å². The molecule has 0 aromatic carbocycles. The molecule has 0 fully saturated rings. The fourth-order valence-electron chi connectivity index (χ4n) is 4.22. The lowest BCUT2D eigenvalue weighted by molar-refractivity contribution is -0.153. The van der Waals surface area contributed by atoms with Crippen molar-refractivity contribution < 1.29 is 29.6 Å². The van der Waals surface area contributed by atoms with Crippen LogP contribution < -0.4 is 0 Å². The minimum absolute atomic E-state index is 0.0837. The van der Waals surface area contributed by atoms with E-state index in [2.05, 4.69) is 4.98 Å². The lowest BCUT2D eigenvalue weighted by Crippen LogP contribution is -2.45. The standard InChI is InChI=1S/C26H38ClNO6S/c1-15-7-6-8-16(2)24(32)17(3)25(33)26(4,5)21(30)12-23(31)34-20(10-9-15)19(27)11-18-14-35-22(13-29)28-18/h9,11,14,16-17,20-21,24,29-30,32H,6-8,10,12-13H2,1-5H3/b15-9-,19-11-/t16-,17+,20-,21-,24-/m0/s1. The van der Waals surface area contributed by atoms with Crippen LogP contribution in [0.15, 0.2) is 22.1 Å². The minimum Gasteiger partial charge on any atom is -0.456 e. The number of carbonyl (C=O) groups excluding carboxylic acids is 2. The number of rotatable bonds is 3. The number of hydrogen-bond donors (Lipinski definition) is 3. The van der Waals surface area contributed by atoms with Crippen LogP contribution in [0.4, 0.5) is 0 Å². The topological polar surface area (TPSA) is 117 Å². The van der Waals surface area contributed by atoms with Gasteiger partial charge >= 0.3 is 5.97 Å². The molecule has 196 valence electrons. The van der Waals surface area contributed by atoms with E-state index in [-0.39, 0.29) is 29.8 Å². The maximum Gasteiger partial charge on any atom is 0.309 e. The number of aliphatic hydroxyl groups is 3. The predicted molar refractivity (Wildman–Crippen MR) is 138 cm³/mol. The van der Waals surface area contributed by atoms with Gasteiger partial charge in [0, 0.05) is 17.7 Å². The normalized spacial score (nSPS) is 31.5. The van der Waals surface area contributed by atoms with Crippen LogP contribution in [0.5, 0.6) is 0 Å². The SMILES string of the molecule is C/C1=C/C[C@@H](/C(Cl)=C/c2csc(CO)n2)OC(=O)C[C@H](O)C(C)(C)C(=O)[C@H](C)[C@@H](O)[C@@H](C)CCC1. The van der Waals surface area contributed by atoms with Crippen molar-refractivity contribution in [2.24, 2.45) is 17.3 Å². The zero-order chi connectivity index (χ0) is 26.3. The first kappa shape index (κ1) is 29.6. The summed E-state index contributed by atoms with van der Waals surface area (Å²) in [6.07, 6.45) is 3.04. The fourth-order valence-corrected chi connectivity index (χ4v) is 5.07. The Morgan fingerprint density at radius 3 is 2.63 bits per heavy atom. The first-order valence-electron chi connectivity index (χ1n) is 12.0. The molecule has 0 amide bonds. The molecule has 0 unspecified atom stereocenters. The van der Waals surface area contributed by atoms with Crippen molar-refractivity contribution in [3.05, 3.63) is 32.8 Å². The summed E-state index contributed by atoms with van der Waals surface area (Å²) in [4.78, 5) is 30.2. The van der Waals surface area contributed by atoms with Crippen LogP contribution in [0, 0.1) is 17.3 Å². The van der Waals surface area contributed by atoms with Crippen molar-refractivity contribution in [2.75, 3.05) is 0 Å². The summed E-state index contributed by atoms with van der Waals surface area (Å²) in [6.45, 7) is 8.60. The molecule has 0 aliphatic carbocycles. The highest BCUT2D eigenvalue weighted by Crippen LogP contribution is 2.32. The number of hydrogen-bond acceptors (Lipinski definition) is 8. The summed E-state index contributed by atoms with van der Waals surface area (Å²) in [7, 11) is 0. The van der Waals surface area contributed by atoms with E-state index in [9.17, 15) is 24.9 Å². The molecule has 5 atom stereocenters. The number of carbonyl (C=O) groups is 2. The molecular weight excluding hydrogens is 490 g/mol. The number of cyclic esters (lactones) is 1. The van der Waals surface area contributed by atoms with Crippen LogP contribution in [0.3, 0.4) is 0 Å². The van der Waals surface area contributed by atoms with Crippen molar-refractivity contribution in [3.8, 4) is 0 Å². The molecule has 1 aromatic rings. The van der Waals surface area contributed by atoms with Crippen LogP contribution in [0.25, 0.3) is 6.08 Å².